The Kier molecular flexibility index (Phi) is 8.22. The van der Waals surface area contributed by atoms with Crippen LogP contribution in [0, 0.1) is 0 Å². The summed E-state index contributed by atoms with van der Waals surface area (Å²) in [4.78, 5) is 2.51. The van der Waals surface area contributed by atoms with E-state index in [1.165, 1.54) is 81.0 Å². The number of hydrogen-bond acceptors (Lipinski definition) is 2. The zero-order valence-electron chi connectivity index (χ0n) is 33.5. The fourth-order valence-corrected chi connectivity index (χ4v) is 11.1. The summed E-state index contributed by atoms with van der Waals surface area (Å²) >= 11 is 1.88. The molecule has 0 amide bonds. The first kappa shape index (κ1) is 35.4. The van der Waals surface area contributed by atoms with Gasteiger partial charge in [-0.15, -0.1) is 11.3 Å². The Balaban J connectivity index is 1.18. The summed E-state index contributed by atoms with van der Waals surface area (Å²) in [6.07, 6.45) is 0. The predicted octanol–water partition coefficient (Wildman–Crippen LogP) is 16.0. The van der Waals surface area contributed by atoms with Crippen molar-refractivity contribution in [1.29, 1.82) is 0 Å². The van der Waals surface area contributed by atoms with Crippen molar-refractivity contribution in [3.63, 3.8) is 0 Å². The van der Waals surface area contributed by atoms with Crippen LogP contribution in [0.25, 0.3) is 53.2 Å². The molecule has 0 spiro atoms. The highest BCUT2D eigenvalue weighted by Crippen LogP contribution is 2.53. The van der Waals surface area contributed by atoms with Crippen molar-refractivity contribution in [2.45, 2.75) is 31.6 Å². The highest BCUT2D eigenvalue weighted by molar-refractivity contribution is 7.25. The quantitative estimate of drug-likeness (QED) is 0.146. The van der Waals surface area contributed by atoms with E-state index in [1.54, 1.807) is 0 Å². The SMILES string of the molecule is CC1(C)c2ccccc2-c2cc(N(c3ccc(C(C)(c4ccccc4)c4ccccc4)cc3)c3ccc4ccccc4c3-c3cccc4sc5ccccc5c34)ccc21. The normalized spacial score (nSPS) is 13.1. The van der Waals surface area contributed by atoms with E-state index in [-0.39, 0.29) is 10.8 Å². The van der Waals surface area contributed by atoms with Crippen molar-refractivity contribution in [3.8, 4) is 22.3 Å². The molecule has 1 nitrogen and oxygen atoms in total. The van der Waals surface area contributed by atoms with Crippen LogP contribution in [0.15, 0.2) is 206 Å². The second-order valence-corrected chi connectivity index (χ2v) is 17.7. The van der Waals surface area contributed by atoms with Gasteiger partial charge in [-0.3, -0.25) is 0 Å². The Morgan fingerprint density at radius 1 is 0.441 bits per heavy atom. The topological polar surface area (TPSA) is 3.24 Å². The van der Waals surface area contributed by atoms with Crippen LogP contribution in [0.4, 0.5) is 17.1 Å². The molecule has 0 unspecified atom stereocenters. The summed E-state index contributed by atoms with van der Waals surface area (Å²) in [5, 5.41) is 5.08. The van der Waals surface area contributed by atoms with E-state index in [0.29, 0.717) is 0 Å². The van der Waals surface area contributed by atoms with Gasteiger partial charge in [0.2, 0.25) is 0 Å². The minimum absolute atomic E-state index is 0.0833. The Labute approximate surface area is 350 Å². The maximum Gasteiger partial charge on any atom is 0.0546 e. The second kappa shape index (κ2) is 13.7. The number of rotatable bonds is 7. The van der Waals surface area contributed by atoms with E-state index in [1.807, 2.05) is 11.3 Å². The van der Waals surface area contributed by atoms with Crippen LogP contribution in [0.3, 0.4) is 0 Å². The molecular formula is C57H43NS. The molecule has 1 heterocycles. The highest BCUT2D eigenvalue weighted by atomic mass is 32.1. The smallest absolute Gasteiger partial charge is 0.0546 e. The van der Waals surface area contributed by atoms with E-state index >= 15 is 0 Å². The van der Waals surface area contributed by atoms with Crippen LogP contribution in [0.5, 0.6) is 0 Å². The van der Waals surface area contributed by atoms with Crippen molar-refractivity contribution < 1.29 is 0 Å². The van der Waals surface area contributed by atoms with Gasteiger partial charge in [0.1, 0.15) is 0 Å². The molecule has 0 radical (unpaired) electrons. The summed E-state index contributed by atoms with van der Waals surface area (Å²) in [5.74, 6) is 0. The first-order valence-electron chi connectivity index (χ1n) is 20.6. The van der Waals surface area contributed by atoms with E-state index < -0.39 is 0 Å². The van der Waals surface area contributed by atoms with Gasteiger partial charge in [0, 0.05) is 47.9 Å². The third kappa shape index (κ3) is 5.51. The van der Waals surface area contributed by atoms with Crippen LogP contribution in [-0.4, -0.2) is 0 Å². The van der Waals surface area contributed by atoms with Crippen molar-refractivity contribution >= 4 is 59.3 Å². The van der Waals surface area contributed by atoms with Gasteiger partial charge in [-0.1, -0.05) is 178 Å². The predicted molar refractivity (Wildman–Crippen MR) is 253 cm³/mol. The van der Waals surface area contributed by atoms with Crippen LogP contribution in [-0.2, 0) is 10.8 Å². The summed E-state index contributed by atoms with van der Waals surface area (Å²) in [7, 11) is 0. The van der Waals surface area contributed by atoms with Gasteiger partial charge in [0.15, 0.2) is 0 Å². The minimum Gasteiger partial charge on any atom is -0.310 e. The Morgan fingerprint density at radius 3 is 1.78 bits per heavy atom. The van der Waals surface area contributed by atoms with Gasteiger partial charge >= 0.3 is 0 Å². The fourth-order valence-electron chi connectivity index (χ4n) is 9.97. The molecule has 0 atom stereocenters. The molecule has 2 heteroatoms. The molecule has 59 heavy (non-hydrogen) atoms. The molecule has 11 rings (SSSR count). The molecule has 9 aromatic carbocycles. The van der Waals surface area contributed by atoms with Gasteiger partial charge in [0.25, 0.3) is 0 Å². The van der Waals surface area contributed by atoms with Crippen LogP contribution in [0.1, 0.15) is 48.6 Å². The summed E-state index contributed by atoms with van der Waals surface area (Å²) < 4.78 is 2.61. The molecule has 1 aliphatic carbocycles. The average molecular weight is 774 g/mol. The maximum atomic E-state index is 2.51. The van der Waals surface area contributed by atoms with E-state index in [0.717, 1.165) is 17.1 Å². The Hall–Kier alpha value is -6.74. The number of benzene rings is 9. The van der Waals surface area contributed by atoms with Crippen molar-refractivity contribution in [1.82, 2.24) is 0 Å². The zero-order valence-corrected chi connectivity index (χ0v) is 34.3. The van der Waals surface area contributed by atoms with E-state index in [9.17, 15) is 0 Å². The van der Waals surface area contributed by atoms with Crippen LogP contribution < -0.4 is 4.90 Å². The molecule has 1 aromatic heterocycles. The molecule has 0 fully saturated rings. The molecule has 0 saturated carbocycles. The molecule has 10 aromatic rings. The number of anilines is 3. The second-order valence-electron chi connectivity index (χ2n) is 16.6. The summed E-state index contributed by atoms with van der Waals surface area (Å²) in [5.41, 5.74) is 14.6. The third-order valence-electron chi connectivity index (χ3n) is 13.1. The fraction of sp³-hybridized carbons (Fsp3) is 0.0877. The van der Waals surface area contributed by atoms with Gasteiger partial charge in [-0.2, -0.15) is 0 Å². The van der Waals surface area contributed by atoms with Gasteiger partial charge < -0.3 is 4.90 Å². The Bertz CT molecular complexity index is 3150. The Morgan fingerprint density at radius 2 is 1.02 bits per heavy atom. The molecule has 1 aliphatic rings. The summed E-state index contributed by atoms with van der Waals surface area (Å²) in [6.45, 7) is 7.08. The lowest BCUT2D eigenvalue weighted by molar-refractivity contribution is 0.660. The number of thiophene rings is 1. The monoisotopic (exact) mass is 773 g/mol. The van der Waals surface area contributed by atoms with Crippen LogP contribution in [0.2, 0.25) is 0 Å². The van der Waals surface area contributed by atoms with Crippen molar-refractivity contribution in [2.75, 3.05) is 4.90 Å². The number of hydrogen-bond donors (Lipinski definition) is 0. The standard InChI is InChI=1S/C57H43NS/c1-56(2)49-26-14-12-23-45(49)48-37-43(34-35-50(48)56)58(42-32-30-41(31-33-42)57(3,39-18-6-4-7-19-39)40-20-8-5-9-21-40)51-36-29-38-17-10-11-22-44(38)54(51)47-25-16-28-53-55(47)46-24-13-15-27-52(46)59-53/h4-37H,1-3H3. The third-order valence-corrected chi connectivity index (χ3v) is 14.2. The minimum atomic E-state index is -0.349. The first-order chi connectivity index (χ1) is 28.9. The zero-order chi connectivity index (χ0) is 39.7. The number of fused-ring (bicyclic) bond motifs is 7. The lowest BCUT2D eigenvalue weighted by Crippen LogP contribution is -2.25. The maximum absolute atomic E-state index is 2.51. The molecule has 0 saturated heterocycles. The molecule has 282 valence electrons. The number of nitrogens with zero attached hydrogens (tertiary/aromatic N) is 1. The molecular weight excluding hydrogens is 731 g/mol. The van der Waals surface area contributed by atoms with E-state index in [4.69, 9.17) is 0 Å². The lowest BCUT2D eigenvalue weighted by Gasteiger charge is -2.33. The summed E-state index contributed by atoms with van der Waals surface area (Å²) in [6, 6.07) is 76.6. The van der Waals surface area contributed by atoms with Gasteiger partial charge in [-0.25, -0.2) is 0 Å². The van der Waals surface area contributed by atoms with Crippen molar-refractivity contribution in [2.24, 2.45) is 0 Å². The van der Waals surface area contributed by atoms with Gasteiger partial charge in [0.05, 0.1) is 5.69 Å². The molecule has 0 N–H and O–H groups in total. The lowest BCUT2D eigenvalue weighted by atomic mass is 9.71. The molecule has 0 bridgehead atoms. The van der Waals surface area contributed by atoms with Gasteiger partial charge in [-0.05, 0) is 105 Å². The highest BCUT2D eigenvalue weighted by Gasteiger charge is 2.36. The molecule has 0 aliphatic heterocycles. The average Bonchev–Trinajstić information content (AvgIpc) is 3.79. The van der Waals surface area contributed by atoms with E-state index in [2.05, 4.69) is 232 Å². The van der Waals surface area contributed by atoms with Crippen molar-refractivity contribution in [3.05, 3.63) is 234 Å². The van der Waals surface area contributed by atoms with Crippen LogP contribution >= 0.6 is 11.3 Å². The largest absolute Gasteiger partial charge is 0.310 e. The first-order valence-corrected chi connectivity index (χ1v) is 21.4.